The molecule has 1 heterocycles. The van der Waals surface area contributed by atoms with E-state index in [4.69, 9.17) is 23.2 Å². The van der Waals surface area contributed by atoms with Gasteiger partial charge in [0, 0.05) is 5.25 Å². The predicted molar refractivity (Wildman–Crippen MR) is 127 cm³/mol. The van der Waals surface area contributed by atoms with Crippen LogP contribution in [-0.4, -0.2) is 33.6 Å². The molecule has 0 radical (unpaired) electrons. The largest absolute Gasteiger partial charge is 0.274 e. The van der Waals surface area contributed by atoms with Gasteiger partial charge in [-0.25, -0.2) is 12.7 Å². The van der Waals surface area contributed by atoms with Crippen molar-refractivity contribution in [3.8, 4) is 0 Å². The van der Waals surface area contributed by atoms with Crippen LogP contribution in [0.1, 0.15) is 49.1 Å². The van der Waals surface area contributed by atoms with Crippen LogP contribution in [-0.2, 0) is 14.8 Å². The summed E-state index contributed by atoms with van der Waals surface area (Å²) in [5.74, 6) is -1.45. The smallest absolute Gasteiger partial charge is 0.270 e. The van der Waals surface area contributed by atoms with Gasteiger partial charge in [-0.3, -0.25) is 4.79 Å². The molecule has 2 aromatic rings. The molecule has 8 heteroatoms. The van der Waals surface area contributed by atoms with Gasteiger partial charge in [-0.1, -0.05) is 90.5 Å². The van der Waals surface area contributed by atoms with Gasteiger partial charge in [-0.15, -0.1) is 11.8 Å². The third-order valence-corrected chi connectivity index (χ3v) is 10.3. The molecule has 0 N–H and O–H groups in total. The highest BCUT2D eigenvalue weighted by Gasteiger charge is 2.62. The molecule has 0 unspecified atom stereocenters. The highest BCUT2D eigenvalue weighted by molar-refractivity contribution is 8.01. The van der Waals surface area contributed by atoms with Crippen LogP contribution in [0, 0.1) is 6.92 Å². The average Bonchev–Trinajstić information content (AvgIpc) is 2.95. The second-order valence-corrected chi connectivity index (χ2v) is 12.8. The van der Waals surface area contributed by atoms with Gasteiger partial charge in [-0.05, 0) is 37.5 Å². The molecule has 2 aromatic carbocycles. The molecule has 2 atom stereocenters. The van der Waals surface area contributed by atoms with Crippen molar-refractivity contribution < 1.29 is 13.2 Å². The fourth-order valence-corrected chi connectivity index (χ4v) is 8.95. The zero-order chi connectivity index (χ0) is 22.2. The van der Waals surface area contributed by atoms with E-state index in [9.17, 15) is 13.2 Å². The first kappa shape index (κ1) is 23.0. The lowest BCUT2D eigenvalue weighted by atomic mass is 9.97. The SMILES string of the molecule is Cc1ccc(S(=O)(=O)N2C(=O)C(Cl)(Cl)[C@H](c3ccccc3)[C@H]2SC2CCCCC2)cc1. The van der Waals surface area contributed by atoms with Crippen molar-refractivity contribution in [2.24, 2.45) is 0 Å². The number of amides is 1. The van der Waals surface area contributed by atoms with E-state index in [2.05, 4.69) is 0 Å². The van der Waals surface area contributed by atoms with Gasteiger partial charge in [0.2, 0.25) is 4.33 Å². The van der Waals surface area contributed by atoms with Gasteiger partial charge in [0.15, 0.2) is 0 Å². The van der Waals surface area contributed by atoms with Crippen molar-refractivity contribution in [2.45, 2.75) is 64.8 Å². The van der Waals surface area contributed by atoms with E-state index in [1.807, 2.05) is 37.3 Å². The number of hydrogen-bond donors (Lipinski definition) is 0. The maximum atomic E-state index is 13.6. The molecular formula is C23H25Cl2NO3S2. The monoisotopic (exact) mass is 497 g/mol. The molecule has 1 saturated carbocycles. The number of carbonyl (C=O) groups excluding carboxylic acids is 1. The second-order valence-electron chi connectivity index (χ2n) is 8.22. The van der Waals surface area contributed by atoms with Crippen molar-refractivity contribution in [1.82, 2.24) is 4.31 Å². The Morgan fingerprint density at radius 2 is 1.58 bits per heavy atom. The molecule has 4 rings (SSSR count). The molecule has 0 spiro atoms. The topological polar surface area (TPSA) is 54.5 Å². The number of nitrogens with zero attached hydrogens (tertiary/aromatic N) is 1. The van der Waals surface area contributed by atoms with Crippen LogP contribution in [0.2, 0.25) is 0 Å². The normalized spacial score (nSPS) is 24.5. The van der Waals surface area contributed by atoms with Gasteiger partial charge in [-0.2, -0.15) is 0 Å². The maximum absolute atomic E-state index is 13.6. The van der Waals surface area contributed by atoms with Crippen LogP contribution in [0.25, 0.3) is 0 Å². The zero-order valence-corrected chi connectivity index (χ0v) is 20.4. The molecule has 166 valence electrons. The third kappa shape index (κ3) is 4.37. The van der Waals surface area contributed by atoms with Crippen molar-refractivity contribution in [2.75, 3.05) is 0 Å². The molecular weight excluding hydrogens is 473 g/mol. The lowest BCUT2D eigenvalue weighted by Crippen LogP contribution is -2.40. The van der Waals surface area contributed by atoms with E-state index in [1.54, 1.807) is 12.1 Å². The number of benzene rings is 2. The summed E-state index contributed by atoms with van der Waals surface area (Å²) in [6, 6.07) is 15.8. The number of halogens is 2. The van der Waals surface area contributed by atoms with Gasteiger partial charge >= 0.3 is 0 Å². The average molecular weight is 498 g/mol. The fourth-order valence-electron chi connectivity index (χ4n) is 4.35. The lowest BCUT2D eigenvalue weighted by Gasteiger charge is -2.32. The Morgan fingerprint density at radius 1 is 0.968 bits per heavy atom. The Kier molecular flexibility index (Phi) is 6.64. The van der Waals surface area contributed by atoms with Gasteiger partial charge in [0.1, 0.15) is 5.37 Å². The van der Waals surface area contributed by atoms with E-state index in [1.165, 1.54) is 30.3 Å². The van der Waals surface area contributed by atoms with Crippen LogP contribution < -0.4 is 0 Å². The Balaban J connectivity index is 1.81. The number of alkyl halides is 2. The summed E-state index contributed by atoms with van der Waals surface area (Å²) in [6.07, 6.45) is 5.38. The zero-order valence-electron chi connectivity index (χ0n) is 17.2. The minimum Gasteiger partial charge on any atom is -0.270 e. The molecule has 2 aliphatic rings. The highest BCUT2D eigenvalue weighted by Crippen LogP contribution is 2.55. The van der Waals surface area contributed by atoms with Crippen LogP contribution >= 0.6 is 35.0 Å². The summed E-state index contributed by atoms with van der Waals surface area (Å²) in [4.78, 5) is 13.5. The number of hydrogen-bond acceptors (Lipinski definition) is 4. The molecule has 0 bridgehead atoms. The molecule has 2 fully saturated rings. The van der Waals surface area contributed by atoms with Crippen LogP contribution in [0.5, 0.6) is 0 Å². The predicted octanol–water partition coefficient (Wildman–Crippen LogP) is 5.88. The first-order chi connectivity index (χ1) is 14.7. The van der Waals surface area contributed by atoms with Crippen molar-refractivity contribution in [3.05, 3.63) is 65.7 Å². The summed E-state index contributed by atoms with van der Waals surface area (Å²) in [5.41, 5.74) is 1.70. The number of thioether (sulfide) groups is 1. The second kappa shape index (κ2) is 8.97. The van der Waals surface area contributed by atoms with Crippen molar-refractivity contribution >= 4 is 50.9 Å². The van der Waals surface area contributed by atoms with E-state index < -0.39 is 31.6 Å². The van der Waals surface area contributed by atoms with Crippen LogP contribution in [0.15, 0.2) is 59.5 Å². The molecule has 31 heavy (non-hydrogen) atoms. The summed E-state index contributed by atoms with van der Waals surface area (Å²) in [6.45, 7) is 1.88. The first-order valence-electron chi connectivity index (χ1n) is 10.5. The molecule has 1 saturated heterocycles. The van der Waals surface area contributed by atoms with E-state index in [-0.39, 0.29) is 10.1 Å². The molecule has 1 aliphatic carbocycles. The minimum absolute atomic E-state index is 0.0681. The number of sulfonamides is 1. The molecule has 0 aromatic heterocycles. The van der Waals surface area contributed by atoms with E-state index >= 15 is 0 Å². The van der Waals surface area contributed by atoms with Crippen molar-refractivity contribution in [3.63, 3.8) is 0 Å². The Bertz CT molecular complexity index is 1040. The summed E-state index contributed by atoms with van der Waals surface area (Å²) < 4.78 is 26.4. The van der Waals surface area contributed by atoms with Gasteiger partial charge < -0.3 is 0 Å². The number of carbonyl (C=O) groups is 1. The maximum Gasteiger partial charge on any atom is 0.274 e. The Morgan fingerprint density at radius 3 is 2.19 bits per heavy atom. The number of rotatable bonds is 5. The quantitative estimate of drug-likeness (QED) is 0.484. The van der Waals surface area contributed by atoms with Crippen LogP contribution in [0.3, 0.4) is 0 Å². The molecule has 1 amide bonds. The summed E-state index contributed by atoms with van der Waals surface area (Å²) in [5, 5.41) is -0.449. The minimum atomic E-state index is -4.12. The third-order valence-electron chi connectivity index (χ3n) is 6.01. The van der Waals surface area contributed by atoms with Crippen molar-refractivity contribution in [1.29, 1.82) is 0 Å². The Hall–Kier alpha value is -1.21. The van der Waals surface area contributed by atoms with E-state index in [0.717, 1.165) is 41.1 Å². The lowest BCUT2D eigenvalue weighted by molar-refractivity contribution is -0.124. The van der Waals surface area contributed by atoms with Gasteiger partial charge in [0.25, 0.3) is 15.9 Å². The molecule has 1 aliphatic heterocycles. The fraction of sp³-hybridized carbons (Fsp3) is 0.435. The summed E-state index contributed by atoms with van der Waals surface area (Å²) in [7, 11) is -4.12. The van der Waals surface area contributed by atoms with E-state index in [0.29, 0.717) is 0 Å². The highest BCUT2D eigenvalue weighted by atomic mass is 35.5. The standard InChI is InChI=1S/C23H25Cl2NO3S2/c1-16-12-14-19(15-13-16)31(28,29)26-21(30-18-10-6-3-7-11-18)20(23(24,25)22(26)27)17-8-4-2-5-9-17/h2,4-5,8-9,12-15,18,20-21H,3,6-7,10-11H2,1H3/t20-,21-/m1/s1. The number of aryl methyl sites for hydroxylation is 1. The first-order valence-corrected chi connectivity index (χ1v) is 13.6. The van der Waals surface area contributed by atoms with Crippen LogP contribution in [0.4, 0.5) is 0 Å². The summed E-state index contributed by atoms with van der Waals surface area (Å²) >= 11 is 14.8. The van der Waals surface area contributed by atoms with Gasteiger partial charge in [0.05, 0.1) is 10.8 Å². The molecule has 4 nitrogen and oxygen atoms in total. The Labute approximate surface area is 198 Å².